The van der Waals surface area contributed by atoms with E-state index in [-0.39, 0.29) is 30.0 Å². The van der Waals surface area contributed by atoms with Crippen molar-refractivity contribution in [2.45, 2.75) is 51.5 Å². The molecule has 0 spiro atoms. The lowest BCUT2D eigenvalue weighted by atomic mass is 9.92. The van der Waals surface area contributed by atoms with E-state index in [1.54, 1.807) is 6.07 Å². The molecule has 1 aliphatic heterocycles. The highest BCUT2D eigenvalue weighted by atomic mass is 19.1. The van der Waals surface area contributed by atoms with E-state index in [1.807, 2.05) is 25.1 Å². The summed E-state index contributed by atoms with van der Waals surface area (Å²) in [5.74, 6) is -0.586. The number of benzene rings is 2. The average molecular weight is 502 g/mol. The Kier molecular flexibility index (Phi) is 9.93. The van der Waals surface area contributed by atoms with E-state index in [4.69, 9.17) is 14.2 Å². The summed E-state index contributed by atoms with van der Waals surface area (Å²) in [7, 11) is 2.82. The number of carbonyl (C=O) groups is 2. The number of methoxy groups -OCH3 is 2. The van der Waals surface area contributed by atoms with E-state index in [2.05, 4.69) is 22.5 Å². The van der Waals surface area contributed by atoms with Crippen LogP contribution in [0.25, 0.3) is 0 Å². The molecule has 1 heterocycles. The van der Waals surface area contributed by atoms with E-state index in [1.165, 1.54) is 26.4 Å². The Morgan fingerprint density at radius 2 is 1.81 bits per heavy atom. The molecular weight excluding hydrogens is 465 g/mol. The first-order valence-corrected chi connectivity index (χ1v) is 12.4. The minimum atomic E-state index is -0.597. The summed E-state index contributed by atoms with van der Waals surface area (Å²) >= 11 is 0. The van der Waals surface area contributed by atoms with Gasteiger partial charge in [-0.1, -0.05) is 13.0 Å². The van der Waals surface area contributed by atoms with Crippen LogP contribution in [-0.4, -0.2) is 52.0 Å². The fourth-order valence-electron chi connectivity index (χ4n) is 4.56. The number of urea groups is 1. The number of nitrogens with zero attached hydrogens (tertiary/aromatic N) is 1. The number of ether oxygens (including phenoxy) is 3. The number of carbonyl (C=O) groups excluding carboxylic acids is 2. The van der Waals surface area contributed by atoms with Gasteiger partial charge in [0.05, 0.1) is 37.7 Å². The van der Waals surface area contributed by atoms with Crippen molar-refractivity contribution in [3.05, 3.63) is 47.8 Å². The highest BCUT2D eigenvalue weighted by molar-refractivity contribution is 6.02. The molecule has 2 aromatic carbocycles. The molecule has 2 aromatic rings. The molecule has 2 amide bonds. The lowest BCUT2D eigenvalue weighted by Gasteiger charge is -2.36. The van der Waals surface area contributed by atoms with Crippen molar-refractivity contribution in [3.63, 3.8) is 0 Å². The molecule has 0 aromatic heterocycles. The predicted octanol–water partition coefficient (Wildman–Crippen LogP) is 5.54. The zero-order valence-electron chi connectivity index (χ0n) is 21.4. The number of esters is 1. The molecule has 1 saturated heterocycles. The molecule has 8 nitrogen and oxygen atoms in total. The first kappa shape index (κ1) is 27.3. The van der Waals surface area contributed by atoms with Crippen LogP contribution in [0.5, 0.6) is 5.75 Å². The molecule has 2 N–H and O–H groups in total. The van der Waals surface area contributed by atoms with Gasteiger partial charge in [-0.05, 0) is 61.9 Å². The normalized spacial score (nSPS) is 14.6. The predicted molar refractivity (Wildman–Crippen MR) is 139 cm³/mol. The zero-order chi connectivity index (χ0) is 26.1. The Labute approximate surface area is 212 Å². The van der Waals surface area contributed by atoms with Crippen LogP contribution in [0.2, 0.25) is 0 Å². The molecule has 3 rings (SSSR count). The minimum absolute atomic E-state index is 0.0416. The zero-order valence-corrected chi connectivity index (χ0v) is 21.4. The quantitative estimate of drug-likeness (QED) is 0.416. The Hall–Kier alpha value is -3.33. The van der Waals surface area contributed by atoms with Gasteiger partial charge in [0.1, 0.15) is 11.6 Å². The molecular formula is C27H36FN3O5. The lowest BCUT2D eigenvalue weighted by Crippen LogP contribution is -2.40. The summed E-state index contributed by atoms with van der Waals surface area (Å²) in [6, 6.07) is 9.83. The number of rotatable bonds is 10. The van der Waals surface area contributed by atoms with Gasteiger partial charge >= 0.3 is 12.0 Å². The molecule has 1 atom stereocenters. The standard InChI is InChI=1S/C27H36FN3O5/c1-5-18(16-26(32)35-4)19-7-10-25(31(6-2)20-11-13-36-14-12-20)24(15-19)30-27(33)29-23-9-8-21(34-3)17-22(23)28/h7-10,15,17-18,20H,5-6,11-14,16H2,1-4H3,(H2,29,30,33). The van der Waals surface area contributed by atoms with Crippen molar-refractivity contribution in [3.8, 4) is 5.75 Å². The van der Waals surface area contributed by atoms with E-state index in [0.29, 0.717) is 24.7 Å². The number of hydrogen-bond acceptors (Lipinski definition) is 6. The van der Waals surface area contributed by atoms with Crippen molar-refractivity contribution in [2.24, 2.45) is 0 Å². The number of nitrogens with one attached hydrogen (secondary N) is 2. The fourth-order valence-corrected chi connectivity index (χ4v) is 4.56. The summed E-state index contributed by atoms with van der Waals surface area (Å²) < 4.78 is 29.9. The summed E-state index contributed by atoms with van der Waals surface area (Å²) in [6.07, 6.45) is 2.75. The molecule has 9 heteroatoms. The van der Waals surface area contributed by atoms with Gasteiger partial charge in [-0.2, -0.15) is 0 Å². The molecule has 196 valence electrons. The number of anilines is 3. The minimum Gasteiger partial charge on any atom is -0.497 e. The maximum atomic E-state index is 14.4. The molecule has 1 aliphatic rings. The van der Waals surface area contributed by atoms with Gasteiger partial charge in [-0.15, -0.1) is 0 Å². The number of halogens is 1. The fraction of sp³-hybridized carbons (Fsp3) is 0.481. The number of hydrogen-bond donors (Lipinski definition) is 2. The summed E-state index contributed by atoms with van der Waals surface area (Å²) in [5.41, 5.74) is 2.42. The van der Waals surface area contributed by atoms with Crippen LogP contribution < -0.4 is 20.3 Å². The monoisotopic (exact) mass is 501 g/mol. The average Bonchev–Trinajstić information content (AvgIpc) is 2.90. The second-order valence-corrected chi connectivity index (χ2v) is 8.72. The molecule has 0 aliphatic carbocycles. The first-order valence-electron chi connectivity index (χ1n) is 12.4. The maximum absolute atomic E-state index is 14.4. The van der Waals surface area contributed by atoms with E-state index in [9.17, 15) is 14.0 Å². The van der Waals surface area contributed by atoms with Gasteiger partial charge in [-0.3, -0.25) is 4.79 Å². The number of amides is 2. The largest absolute Gasteiger partial charge is 0.497 e. The SMILES string of the molecule is CCC(CC(=O)OC)c1ccc(N(CC)C2CCOCC2)c(NC(=O)Nc2ccc(OC)cc2F)c1. The molecule has 0 saturated carbocycles. The molecule has 0 bridgehead atoms. The first-order chi connectivity index (χ1) is 17.4. The van der Waals surface area contributed by atoms with Crippen LogP contribution in [0.4, 0.5) is 26.2 Å². The molecule has 0 radical (unpaired) electrons. The van der Waals surface area contributed by atoms with Gasteiger partial charge in [0.2, 0.25) is 0 Å². The van der Waals surface area contributed by atoms with Crippen molar-refractivity contribution in [1.82, 2.24) is 0 Å². The van der Waals surface area contributed by atoms with Crippen LogP contribution >= 0.6 is 0 Å². The third-order valence-electron chi connectivity index (χ3n) is 6.58. The van der Waals surface area contributed by atoms with Crippen LogP contribution in [0.1, 0.15) is 51.0 Å². The van der Waals surface area contributed by atoms with E-state index < -0.39 is 11.8 Å². The highest BCUT2D eigenvalue weighted by Crippen LogP contribution is 2.35. The van der Waals surface area contributed by atoms with Gasteiger partial charge < -0.3 is 29.7 Å². The van der Waals surface area contributed by atoms with Crippen molar-refractivity contribution in [2.75, 3.05) is 49.5 Å². The summed E-state index contributed by atoms with van der Waals surface area (Å²) in [5, 5.41) is 5.50. The van der Waals surface area contributed by atoms with Gasteiger partial charge in [0, 0.05) is 31.9 Å². The van der Waals surface area contributed by atoms with E-state index in [0.717, 1.165) is 37.1 Å². The smallest absolute Gasteiger partial charge is 0.323 e. The van der Waals surface area contributed by atoms with Crippen LogP contribution in [0, 0.1) is 5.82 Å². The second kappa shape index (κ2) is 13.1. The maximum Gasteiger partial charge on any atom is 0.323 e. The molecule has 1 unspecified atom stereocenters. The Morgan fingerprint density at radius 1 is 1.08 bits per heavy atom. The Balaban J connectivity index is 1.92. The summed E-state index contributed by atoms with van der Waals surface area (Å²) in [6.45, 7) is 6.21. The second-order valence-electron chi connectivity index (χ2n) is 8.72. The summed E-state index contributed by atoms with van der Waals surface area (Å²) in [4.78, 5) is 27.2. The lowest BCUT2D eigenvalue weighted by molar-refractivity contribution is -0.141. The Bertz CT molecular complexity index is 1040. The third kappa shape index (κ3) is 6.87. The third-order valence-corrected chi connectivity index (χ3v) is 6.58. The highest BCUT2D eigenvalue weighted by Gasteiger charge is 2.25. The Morgan fingerprint density at radius 3 is 2.42 bits per heavy atom. The van der Waals surface area contributed by atoms with Crippen LogP contribution in [0.15, 0.2) is 36.4 Å². The topological polar surface area (TPSA) is 89.1 Å². The van der Waals surface area contributed by atoms with Gasteiger partial charge in [0.15, 0.2) is 0 Å². The van der Waals surface area contributed by atoms with Crippen LogP contribution in [-0.2, 0) is 14.3 Å². The van der Waals surface area contributed by atoms with Crippen molar-refractivity contribution in [1.29, 1.82) is 0 Å². The van der Waals surface area contributed by atoms with Crippen molar-refractivity contribution >= 4 is 29.1 Å². The molecule has 36 heavy (non-hydrogen) atoms. The van der Waals surface area contributed by atoms with E-state index >= 15 is 0 Å². The van der Waals surface area contributed by atoms with Gasteiger partial charge in [-0.25, -0.2) is 9.18 Å². The molecule has 1 fully saturated rings. The van der Waals surface area contributed by atoms with Crippen LogP contribution in [0.3, 0.4) is 0 Å². The van der Waals surface area contributed by atoms with Crippen molar-refractivity contribution < 1.29 is 28.2 Å². The van der Waals surface area contributed by atoms with Gasteiger partial charge in [0.25, 0.3) is 0 Å².